The Morgan fingerprint density at radius 1 is 0.818 bits per heavy atom. The van der Waals surface area contributed by atoms with Crippen LogP contribution in [0, 0.1) is 11.8 Å². The van der Waals surface area contributed by atoms with Crippen molar-refractivity contribution in [3.63, 3.8) is 0 Å². The van der Waals surface area contributed by atoms with Gasteiger partial charge in [0, 0.05) is 22.0 Å². The molecule has 22 heavy (non-hydrogen) atoms. The quantitative estimate of drug-likeness (QED) is 0.431. The molecule has 0 bridgehead atoms. The Balaban J connectivity index is 1.94. The summed E-state index contributed by atoms with van der Waals surface area (Å²) in [5, 5.41) is 5.33. The SMILES string of the molecule is C(#Cc1cc2ccccc2n1-c1ccccc1)c1ccsc1. The van der Waals surface area contributed by atoms with Gasteiger partial charge in [0.1, 0.15) is 0 Å². The minimum Gasteiger partial charge on any atom is -0.303 e. The third-order valence-corrected chi connectivity index (χ3v) is 4.26. The number of benzene rings is 2. The van der Waals surface area contributed by atoms with Crippen LogP contribution in [0.25, 0.3) is 16.6 Å². The highest BCUT2D eigenvalue weighted by Crippen LogP contribution is 2.23. The van der Waals surface area contributed by atoms with E-state index in [0.29, 0.717) is 0 Å². The van der Waals surface area contributed by atoms with E-state index >= 15 is 0 Å². The molecule has 2 aromatic heterocycles. The topological polar surface area (TPSA) is 4.93 Å². The van der Waals surface area contributed by atoms with Gasteiger partial charge in [0.15, 0.2) is 0 Å². The van der Waals surface area contributed by atoms with Gasteiger partial charge in [-0.05, 0) is 41.6 Å². The van der Waals surface area contributed by atoms with Crippen molar-refractivity contribution in [3.05, 3.63) is 88.7 Å². The van der Waals surface area contributed by atoms with Crippen LogP contribution < -0.4 is 0 Å². The van der Waals surface area contributed by atoms with E-state index < -0.39 is 0 Å². The van der Waals surface area contributed by atoms with Crippen molar-refractivity contribution in [3.8, 4) is 17.5 Å². The second-order valence-electron chi connectivity index (χ2n) is 5.02. The Bertz CT molecular complexity index is 967. The number of fused-ring (bicyclic) bond motifs is 1. The van der Waals surface area contributed by atoms with Crippen LogP contribution in [0.1, 0.15) is 11.3 Å². The van der Waals surface area contributed by atoms with Gasteiger partial charge in [0.05, 0.1) is 11.2 Å². The van der Waals surface area contributed by atoms with E-state index in [9.17, 15) is 0 Å². The number of para-hydroxylation sites is 2. The first-order valence-electron chi connectivity index (χ1n) is 7.12. The van der Waals surface area contributed by atoms with Crippen LogP contribution in [0.2, 0.25) is 0 Å². The Morgan fingerprint density at radius 2 is 1.64 bits per heavy atom. The van der Waals surface area contributed by atoms with Crippen LogP contribution in [-0.2, 0) is 0 Å². The lowest BCUT2D eigenvalue weighted by atomic mass is 10.2. The number of nitrogens with zero attached hydrogens (tertiary/aromatic N) is 1. The summed E-state index contributed by atoms with van der Waals surface area (Å²) in [7, 11) is 0. The molecule has 0 spiro atoms. The zero-order valence-corrected chi connectivity index (χ0v) is 12.7. The fourth-order valence-electron chi connectivity index (χ4n) is 2.57. The molecule has 0 fully saturated rings. The second kappa shape index (κ2) is 5.55. The van der Waals surface area contributed by atoms with Gasteiger partial charge in [-0.1, -0.05) is 42.3 Å². The van der Waals surface area contributed by atoms with Crippen molar-refractivity contribution < 1.29 is 0 Å². The van der Waals surface area contributed by atoms with Crippen molar-refractivity contribution in [1.29, 1.82) is 0 Å². The molecule has 0 aliphatic heterocycles. The predicted molar refractivity (Wildman–Crippen MR) is 93.6 cm³/mol. The molecular weight excluding hydrogens is 286 g/mol. The van der Waals surface area contributed by atoms with E-state index in [0.717, 1.165) is 16.9 Å². The molecule has 4 rings (SSSR count). The Kier molecular flexibility index (Phi) is 3.27. The molecule has 0 N–H and O–H groups in total. The maximum absolute atomic E-state index is 3.32. The third-order valence-electron chi connectivity index (χ3n) is 3.58. The first-order valence-corrected chi connectivity index (χ1v) is 8.06. The minimum absolute atomic E-state index is 1.01. The van der Waals surface area contributed by atoms with Gasteiger partial charge >= 0.3 is 0 Å². The van der Waals surface area contributed by atoms with Crippen LogP contribution in [0.5, 0.6) is 0 Å². The lowest BCUT2D eigenvalue weighted by molar-refractivity contribution is 1.10. The Labute approximate surface area is 133 Å². The van der Waals surface area contributed by atoms with Gasteiger partial charge in [-0.15, -0.1) is 0 Å². The summed E-state index contributed by atoms with van der Waals surface area (Å²) in [6.07, 6.45) is 0. The molecule has 0 saturated carbocycles. The summed E-state index contributed by atoms with van der Waals surface area (Å²) < 4.78 is 2.22. The van der Waals surface area contributed by atoms with E-state index in [1.807, 2.05) is 12.1 Å². The summed E-state index contributed by atoms with van der Waals surface area (Å²) in [6.45, 7) is 0. The van der Waals surface area contributed by atoms with Crippen molar-refractivity contribution in [1.82, 2.24) is 4.57 Å². The van der Waals surface area contributed by atoms with Gasteiger partial charge in [-0.25, -0.2) is 0 Å². The molecule has 0 radical (unpaired) electrons. The molecule has 104 valence electrons. The van der Waals surface area contributed by atoms with Gasteiger partial charge in [0.2, 0.25) is 0 Å². The molecular formula is C20H13NS. The number of hydrogen-bond donors (Lipinski definition) is 0. The lowest BCUT2D eigenvalue weighted by Gasteiger charge is -2.07. The first-order chi connectivity index (χ1) is 10.9. The molecule has 0 aliphatic rings. The van der Waals surface area contributed by atoms with Crippen LogP contribution in [-0.4, -0.2) is 4.57 Å². The van der Waals surface area contributed by atoms with Crippen LogP contribution in [0.15, 0.2) is 77.5 Å². The monoisotopic (exact) mass is 299 g/mol. The normalized spacial score (nSPS) is 10.4. The third kappa shape index (κ3) is 2.32. The van der Waals surface area contributed by atoms with Crippen molar-refractivity contribution >= 4 is 22.2 Å². The average molecular weight is 299 g/mol. The predicted octanol–water partition coefficient (Wildman–Crippen LogP) is 5.09. The van der Waals surface area contributed by atoms with Crippen LogP contribution in [0.4, 0.5) is 0 Å². The molecule has 0 saturated heterocycles. The number of thiophene rings is 1. The number of rotatable bonds is 1. The Morgan fingerprint density at radius 3 is 2.45 bits per heavy atom. The number of hydrogen-bond acceptors (Lipinski definition) is 1. The smallest absolute Gasteiger partial charge is 0.0980 e. The molecule has 0 atom stereocenters. The second-order valence-corrected chi connectivity index (χ2v) is 5.80. The number of aromatic nitrogens is 1. The van der Waals surface area contributed by atoms with E-state index in [2.05, 4.69) is 81.8 Å². The van der Waals surface area contributed by atoms with Crippen LogP contribution >= 0.6 is 11.3 Å². The van der Waals surface area contributed by atoms with Gasteiger partial charge in [-0.3, -0.25) is 0 Å². The maximum atomic E-state index is 3.32. The summed E-state index contributed by atoms with van der Waals surface area (Å²) in [4.78, 5) is 0. The molecule has 2 heterocycles. The summed E-state index contributed by atoms with van der Waals surface area (Å²) in [5.74, 6) is 6.57. The molecule has 0 unspecified atom stereocenters. The largest absolute Gasteiger partial charge is 0.303 e. The maximum Gasteiger partial charge on any atom is 0.0980 e. The van der Waals surface area contributed by atoms with E-state index in [4.69, 9.17) is 0 Å². The highest BCUT2D eigenvalue weighted by atomic mass is 32.1. The summed E-state index contributed by atoms with van der Waals surface area (Å²) in [6, 6.07) is 23.0. The molecule has 4 aromatic rings. The van der Waals surface area contributed by atoms with Crippen molar-refractivity contribution in [2.75, 3.05) is 0 Å². The Hall–Kier alpha value is -2.76. The van der Waals surface area contributed by atoms with Crippen molar-refractivity contribution in [2.45, 2.75) is 0 Å². The standard InChI is InChI=1S/C20H13NS/c1-2-7-18(8-3-1)21-19(11-10-16-12-13-22-15-16)14-17-6-4-5-9-20(17)21/h1-9,12-15H. The molecule has 0 aliphatic carbocycles. The molecule has 2 heteroatoms. The highest BCUT2D eigenvalue weighted by Gasteiger charge is 2.08. The molecule has 1 nitrogen and oxygen atoms in total. The van der Waals surface area contributed by atoms with Gasteiger partial charge in [-0.2, -0.15) is 11.3 Å². The van der Waals surface area contributed by atoms with Crippen molar-refractivity contribution in [2.24, 2.45) is 0 Å². The van der Waals surface area contributed by atoms with E-state index in [-0.39, 0.29) is 0 Å². The first kappa shape index (κ1) is 12.9. The van der Waals surface area contributed by atoms with Crippen LogP contribution in [0.3, 0.4) is 0 Å². The minimum atomic E-state index is 1.01. The fourth-order valence-corrected chi connectivity index (χ4v) is 3.16. The average Bonchev–Trinajstić information content (AvgIpc) is 3.21. The summed E-state index contributed by atoms with van der Waals surface area (Å²) in [5.41, 5.74) is 4.40. The fraction of sp³-hybridized carbons (Fsp3) is 0. The van der Waals surface area contributed by atoms with E-state index in [1.165, 1.54) is 10.9 Å². The molecule has 0 amide bonds. The van der Waals surface area contributed by atoms with E-state index in [1.54, 1.807) is 11.3 Å². The molecule has 2 aromatic carbocycles. The zero-order chi connectivity index (χ0) is 14.8. The zero-order valence-electron chi connectivity index (χ0n) is 11.9. The highest BCUT2D eigenvalue weighted by molar-refractivity contribution is 7.08. The van der Waals surface area contributed by atoms with Gasteiger partial charge < -0.3 is 4.57 Å². The van der Waals surface area contributed by atoms with Gasteiger partial charge in [0.25, 0.3) is 0 Å². The lowest BCUT2D eigenvalue weighted by Crippen LogP contribution is -1.96. The summed E-state index contributed by atoms with van der Waals surface area (Å²) >= 11 is 1.67.